The van der Waals surface area contributed by atoms with Gasteiger partial charge in [-0.2, -0.15) is 0 Å². The number of hydrogen-bond donors (Lipinski definition) is 1. The highest BCUT2D eigenvalue weighted by Gasteiger charge is 2.23. The number of benzene rings is 1. The van der Waals surface area contributed by atoms with Gasteiger partial charge in [0.05, 0.1) is 20.1 Å². The van der Waals surface area contributed by atoms with Gasteiger partial charge in [0.2, 0.25) is 17.4 Å². The molecule has 1 aromatic carbocycles. The summed E-state index contributed by atoms with van der Waals surface area (Å²) in [5.74, 6) is 0.594. The third kappa shape index (κ3) is 3.27. The molecule has 8 nitrogen and oxygen atoms in total. The van der Waals surface area contributed by atoms with E-state index >= 15 is 0 Å². The highest BCUT2D eigenvalue weighted by Crippen LogP contribution is 2.20. The van der Waals surface area contributed by atoms with Gasteiger partial charge in [-0.05, 0) is 12.5 Å². The first-order valence-corrected chi connectivity index (χ1v) is 7.82. The number of rotatable bonds is 6. The molecule has 3 rings (SSSR count). The molecule has 0 saturated carbocycles. The molecule has 1 N–H and O–H groups in total. The van der Waals surface area contributed by atoms with E-state index < -0.39 is 0 Å². The number of nitrogens with one attached hydrogen (secondary N) is 1. The van der Waals surface area contributed by atoms with E-state index in [-0.39, 0.29) is 37.2 Å². The fourth-order valence-corrected chi connectivity index (χ4v) is 2.74. The molecule has 0 aliphatic carbocycles. The topological polar surface area (TPSA) is 98.7 Å². The molecule has 128 valence electrons. The molecule has 1 aliphatic rings. The largest absolute Gasteiger partial charge is 0.616 e. The van der Waals surface area contributed by atoms with Gasteiger partial charge in [-0.15, -0.1) is 4.73 Å². The smallest absolute Gasteiger partial charge is 0.361 e. The number of likely N-dealkylation sites (tertiary alicyclic amines) is 1. The summed E-state index contributed by atoms with van der Waals surface area (Å²) in [4.78, 5) is 24.9. The summed E-state index contributed by atoms with van der Waals surface area (Å²) in [5.41, 5.74) is 0.855. The molecule has 1 aliphatic heterocycles. The summed E-state index contributed by atoms with van der Waals surface area (Å²) in [6.45, 7) is 0.950. The average Bonchev–Trinajstić information content (AvgIpc) is 3.11. The van der Waals surface area contributed by atoms with Crippen LogP contribution in [0.25, 0.3) is 11.1 Å². The number of methoxy groups -OCH3 is 1. The van der Waals surface area contributed by atoms with E-state index in [0.29, 0.717) is 34.5 Å². The third-order valence-electron chi connectivity index (χ3n) is 4.01. The van der Waals surface area contributed by atoms with E-state index in [4.69, 9.17) is 9.15 Å². The quantitative estimate of drug-likeness (QED) is 0.608. The van der Waals surface area contributed by atoms with Crippen molar-refractivity contribution in [2.24, 2.45) is 0 Å². The van der Waals surface area contributed by atoms with Crippen LogP contribution < -0.4 is 14.8 Å². The molecule has 1 fully saturated rings. The number of amides is 2. The number of oxazole rings is 1. The lowest BCUT2D eigenvalue weighted by molar-refractivity contribution is -0.592. The lowest BCUT2D eigenvalue weighted by Gasteiger charge is -2.14. The molecule has 2 heterocycles. The van der Waals surface area contributed by atoms with E-state index in [1.165, 1.54) is 12.0 Å². The molecular weight excluding hydrogens is 314 g/mol. The van der Waals surface area contributed by atoms with Crippen LogP contribution in [0, 0.1) is 5.21 Å². The van der Waals surface area contributed by atoms with Gasteiger partial charge in [-0.25, -0.2) is 0 Å². The Bertz CT molecular complexity index is 770. The second-order valence-corrected chi connectivity index (χ2v) is 5.64. The number of carbonyl (C=O) groups is 2. The van der Waals surface area contributed by atoms with Crippen LogP contribution in [0.15, 0.2) is 22.6 Å². The van der Waals surface area contributed by atoms with E-state index in [0.717, 1.165) is 6.42 Å². The van der Waals surface area contributed by atoms with Crippen molar-refractivity contribution >= 4 is 22.9 Å². The summed E-state index contributed by atoms with van der Waals surface area (Å²) in [5, 5.41) is 14.8. The molecule has 0 radical (unpaired) electrons. The summed E-state index contributed by atoms with van der Waals surface area (Å²) in [6.07, 6.45) is 1.57. The number of hydrogen-bond acceptors (Lipinski definition) is 5. The monoisotopic (exact) mass is 333 g/mol. The normalized spacial score (nSPS) is 14.4. The minimum atomic E-state index is -0.236. The van der Waals surface area contributed by atoms with Gasteiger partial charge in [0.25, 0.3) is 5.52 Å². The minimum absolute atomic E-state index is 0.00813. The van der Waals surface area contributed by atoms with Gasteiger partial charge in [0.15, 0.2) is 0 Å². The first-order chi connectivity index (χ1) is 11.6. The molecule has 0 atom stereocenters. The lowest BCUT2D eigenvalue weighted by atomic mass is 10.3. The number of aromatic nitrogens is 1. The Morgan fingerprint density at radius 3 is 3.04 bits per heavy atom. The second-order valence-electron chi connectivity index (χ2n) is 5.64. The van der Waals surface area contributed by atoms with Crippen LogP contribution in [0.1, 0.15) is 18.7 Å². The Morgan fingerprint density at radius 2 is 2.33 bits per heavy atom. The zero-order valence-corrected chi connectivity index (χ0v) is 13.4. The first-order valence-electron chi connectivity index (χ1n) is 7.82. The van der Waals surface area contributed by atoms with Crippen LogP contribution in [0.2, 0.25) is 0 Å². The highest BCUT2D eigenvalue weighted by molar-refractivity contribution is 5.85. The average molecular weight is 333 g/mol. The predicted molar refractivity (Wildman–Crippen MR) is 84.3 cm³/mol. The van der Waals surface area contributed by atoms with Crippen molar-refractivity contribution in [1.29, 1.82) is 0 Å². The van der Waals surface area contributed by atoms with E-state index in [1.807, 2.05) is 0 Å². The van der Waals surface area contributed by atoms with Crippen LogP contribution in [0.4, 0.5) is 0 Å². The van der Waals surface area contributed by atoms with E-state index in [2.05, 4.69) is 5.32 Å². The Labute approximate surface area is 138 Å². The number of carbonyl (C=O) groups excluding carboxylic acids is 2. The summed E-state index contributed by atoms with van der Waals surface area (Å²) >= 11 is 0. The number of fused-ring (bicyclic) bond motifs is 1. The zero-order valence-electron chi connectivity index (χ0n) is 13.4. The van der Waals surface area contributed by atoms with Crippen LogP contribution in [-0.2, 0) is 16.0 Å². The van der Waals surface area contributed by atoms with Crippen molar-refractivity contribution in [2.75, 3.05) is 26.7 Å². The maximum Gasteiger partial charge on any atom is 0.361 e. The molecule has 0 spiro atoms. The maximum atomic E-state index is 12.1. The fraction of sp³-hybridized carbons (Fsp3) is 0.438. The van der Waals surface area contributed by atoms with Crippen molar-refractivity contribution in [2.45, 2.75) is 19.3 Å². The van der Waals surface area contributed by atoms with Crippen LogP contribution >= 0.6 is 0 Å². The van der Waals surface area contributed by atoms with Gasteiger partial charge >= 0.3 is 5.89 Å². The van der Waals surface area contributed by atoms with Gasteiger partial charge in [-0.1, -0.05) is 0 Å². The minimum Gasteiger partial charge on any atom is -0.616 e. The zero-order chi connectivity index (χ0) is 17.1. The molecule has 2 aromatic rings. The predicted octanol–water partition coefficient (Wildman–Crippen LogP) is 0.356. The Balaban J connectivity index is 1.56. The second kappa shape index (κ2) is 6.77. The SMILES string of the molecule is COc1ccc2c(c1)oc(CCNC(=O)CN1CCCC1=O)[n+]2[O-]. The summed E-state index contributed by atoms with van der Waals surface area (Å²) in [7, 11) is 1.54. The molecule has 0 bridgehead atoms. The van der Waals surface area contributed by atoms with Gasteiger partial charge in [0.1, 0.15) is 5.75 Å². The number of nitrogens with zero attached hydrogens (tertiary/aromatic N) is 2. The van der Waals surface area contributed by atoms with Crippen LogP contribution in [0.5, 0.6) is 5.75 Å². The number of ether oxygens (including phenoxy) is 1. The first kappa shape index (κ1) is 16.1. The van der Waals surface area contributed by atoms with E-state index in [1.54, 1.807) is 18.2 Å². The molecule has 0 unspecified atom stereocenters. The van der Waals surface area contributed by atoms with E-state index in [9.17, 15) is 14.8 Å². The Hall–Kier alpha value is -2.77. The van der Waals surface area contributed by atoms with Gasteiger partial charge < -0.3 is 24.6 Å². The standard InChI is InChI=1S/C16H19N3O5/c1-23-11-4-5-12-13(9-11)24-16(19(12)22)6-7-17-14(20)10-18-8-2-3-15(18)21/h4-5,9H,2-3,6-8,10H2,1H3,(H,17,20). The molecule has 1 saturated heterocycles. The molecule has 1 aromatic heterocycles. The fourth-order valence-electron chi connectivity index (χ4n) is 2.74. The summed E-state index contributed by atoms with van der Waals surface area (Å²) < 4.78 is 11.3. The lowest BCUT2D eigenvalue weighted by Crippen LogP contribution is -2.39. The van der Waals surface area contributed by atoms with Crippen LogP contribution in [0.3, 0.4) is 0 Å². The van der Waals surface area contributed by atoms with Crippen molar-refractivity contribution in [3.63, 3.8) is 0 Å². The van der Waals surface area contributed by atoms with Crippen molar-refractivity contribution in [1.82, 2.24) is 10.2 Å². The van der Waals surface area contributed by atoms with Gasteiger partial charge in [0, 0.05) is 31.6 Å². The summed E-state index contributed by atoms with van der Waals surface area (Å²) in [6, 6.07) is 4.96. The van der Waals surface area contributed by atoms with Crippen molar-refractivity contribution in [3.8, 4) is 5.75 Å². The highest BCUT2D eigenvalue weighted by atomic mass is 16.5. The Kier molecular flexibility index (Phi) is 4.54. The van der Waals surface area contributed by atoms with Crippen molar-refractivity contribution < 1.29 is 23.5 Å². The van der Waals surface area contributed by atoms with Crippen LogP contribution in [-0.4, -0.2) is 43.5 Å². The third-order valence-corrected chi connectivity index (χ3v) is 4.01. The van der Waals surface area contributed by atoms with Gasteiger partial charge in [-0.3, -0.25) is 9.59 Å². The maximum absolute atomic E-state index is 12.1. The van der Waals surface area contributed by atoms with Crippen molar-refractivity contribution in [3.05, 3.63) is 29.3 Å². The molecule has 2 amide bonds. The molecule has 24 heavy (non-hydrogen) atoms. The Morgan fingerprint density at radius 1 is 1.50 bits per heavy atom. The molecule has 8 heteroatoms. The molecular formula is C16H19N3O5.